The first-order valence-corrected chi connectivity index (χ1v) is 8.00. The van der Waals surface area contributed by atoms with Crippen LogP contribution in [0.15, 0.2) is 24.3 Å². The second-order valence-electron chi connectivity index (χ2n) is 8.05. The van der Waals surface area contributed by atoms with E-state index in [1.807, 2.05) is 7.05 Å². The molecule has 0 saturated carbocycles. The van der Waals surface area contributed by atoms with E-state index in [1.54, 1.807) is 0 Å². The van der Waals surface area contributed by atoms with E-state index in [1.165, 1.54) is 5.56 Å². The summed E-state index contributed by atoms with van der Waals surface area (Å²) >= 11 is 0. The van der Waals surface area contributed by atoms with Gasteiger partial charge in [-0.15, -0.1) is 0 Å². The second kappa shape index (κ2) is 6.83. The van der Waals surface area contributed by atoms with Gasteiger partial charge in [0, 0.05) is 6.04 Å². The highest BCUT2D eigenvalue weighted by atomic mass is 16.5. The Morgan fingerprint density at radius 1 is 1.00 bits per heavy atom. The standard InChI is InChI=1S/C19H33NO/c1-14(20-8)15(2)21-17-11-9-16(10-12-17)19(6,7)13-18(3,4)5/h9-12,14-15,20H,13H2,1-8H3. The lowest BCUT2D eigenvalue weighted by Gasteiger charge is -2.33. The first-order chi connectivity index (χ1) is 9.55. The first-order valence-electron chi connectivity index (χ1n) is 8.00. The summed E-state index contributed by atoms with van der Waals surface area (Å²) in [5.41, 5.74) is 1.88. The third-order valence-corrected chi connectivity index (χ3v) is 4.09. The lowest BCUT2D eigenvalue weighted by atomic mass is 9.72. The minimum Gasteiger partial charge on any atom is -0.489 e. The molecule has 120 valence electrons. The third kappa shape index (κ3) is 5.70. The van der Waals surface area contributed by atoms with E-state index in [0.29, 0.717) is 11.5 Å². The van der Waals surface area contributed by atoms with Crippen molar-refractivity contribution in [2.45, 2.75) is 72.4 Å². The average molecular weight is 291 g/mol. The van der Waals surface area contributed by atoms with Crippen LogP contribution >= 0.6 is 0 Å². The minimum absolute atomic E-state index is 0.156. The molecule has 0 aliphatic heterocycles. The van der Waals surface area contributed by atoms with Crippen LogP contribution in [0.4, 0.5) is 0 Å². The molecule has 0 amide bonds. The van der Waals surface area contributed by atoms with Crippen LogP contribution in [0.3, 0.4) is 0 Å². The maximum Gasteiger partial charge on any atom is 0.119 e. The van der Waals surface area contributed by atoms with Gasteiger partial charge in [0.1, 0.15) is 11.9 Å². The molecular weight excluding hydrogens is 258 g/mol. The van der Waals surface area contributed by atoms with Crippen LogP contribution in [0, 0.1) is 5.41 Å². The van der Waals surface area contributed by atoms with E-state index in [0.717, 1.165) is 12.2 Å². The van der Waals surface area contributed by atoms with Gasteiger partial charge < -0.3 is 10.1 Å². The van der Waals surface area contributed by atoms with Crippen LogP contribution in [0.2, 0.25) is 0 Å². The molecule has 0 aliphatic rings. The number of rotatable bonds is 6. The number of benzene rings is 1. The SMILES string of the molecule is CNC(C)C(C)Oc1ccc(C(C)(C)CC(C)(C)C)cc1. The summed E-state index contributed by atoms with van der Waals surface area (Å²) in [5, 5.41) is 3.22. The molecule has 1 rings (SSSR count). The van der Waals surface area contributed by atoms with Crippen molar-refractivity contribution < 1.29 is 4.74 Å². The summed E-state index contributed by atoms with van der Waals surface area (Å²) in [6, 6.07) is 8.94. The lowest BCUT2D eigenvalue weighted by Crippen LogP contribution is -2.36. The van der Waals surface area contributed by atoms with Crippen molar-refractivity contribution in [2.75, 3.05) is 7.05 Å². The van der Waals surface area contributed by atoms with Crippen LogP contribution in [-0.2, 0) is 5.41 Å². The fraction of sp³-hybridized carbons (Fsp3) is 0.684. The number of likely N-dealkylation sites (N-methyl/N-ethyl adjacent to an activating group) is 1. The molecular formula is C19H33NO. The summed E-state index contributed by atoms with van der Waals surface area (Å²) < 4.78 is 5.97. The van der Waals surface area contributed by atoms with E-state index in [2.05, 4.69) is 78.0 Å². The Morgan fingerprint density at radius 2 is 1.52 bits per heavy atom. The zero-order valence-corrected chi connectivity index (χ0v) is 15.1. The maximum absolute atomic E-state index is 5.97. The van der Waals surface area contributed by atoms with E-state index in [-0.39, 0.29) is 11.5 Å². The largest absolute Gasteiger partial charge is 0.489 e. The quantitative estimate of drug-likeness (QED) is 0.814. The molecule has 0 aromatic heterocycles. The van der Waals surface area contributed by atoms with Crippen LogP contribution in [0.1, 0.15) is 60.5 Å². The van der Waals surface area contributed by atoms with Gasteiger partial charge >= 0.3 is 0 Å². The summed E-state index contributed by atoms with van der Waals surface area (Å²) in [5.74, 6) is 0.944. The topological polar surface area (TPSA) is 21.3 Å². The molecule has 1 N–H and O–H groups in total. The van der Waals surface area contributed by atoms with Crippen LogP contribution in [-0.4, -0.2) is 19.2 Å². The van der Waals surface area contributed by atoms with Gasteiger partial charge in [0.05, 0.1) is 0 Å². The molecule has 0 radical (unpaired) electrons. The monoisotopic (exact) mass is 291 g/mol. The Kier molecular flexibility index (Phi) is 5.86. The Hall–Kier alpha value is -1.02. The van der Waals surface area contributed by atoms with E-state index in [4.69, 9.17) is 4.74 Å². The zero-order valence-electron chi connectivity index (χ0n) is 15.1. The molecule has 21 heavy (non-hydrogen) atoms. The molecule has 1 aromatic carbocycles. The van der Waals surface area contributed by atoms with Crippen LogP contribution < -0.4 is 10.1 Å². The Morgan fingerprint density at radius 3 is 1.95 bits per heavy atom. The van der Waals surface area contributed by atoms with Gasteiger partial charge in [-0.05, 0) is 55.8 Å². The molecule has 2 nitrogen and oxygen atoms in total. The van der Waals surface area contributed by atoms with Gasteiger partial charge in [0.25, 0.3) is 0 Å². The van der Waals surface area contributed by atoms with Gasteiger partial charge in [0.15, 0.2) is 0 Å². The summed E-state index contributed by atoms with van der Waals surface area (Å²) in [6.45, 7) is 15.8. The van der Waals surface area contributed by atoms with Crippen molar-refractivity contribution in [3.63, 3.8) is 0 Å². The van der Waals surface area contributed by atoms with Gasteiger partial charge in [0.2, 0.25) is 0 Å². The van der Waals surface area contributed by atoms with Gasteiger partial charge in [-0.25, -0.2) is 0 Å². The molecule has 2 atom stereocenters. The number of hydrogen-bond acceptors (Lipinski definition) is 2. The third-order valence-electron chi connectivity index (χ3n) is 4.09. The highest BCUT2D eigenvalue weighted by Crippen LogP contribution is 2.36. The molecule has 0 fully saturated rings. The van der Waals surface area contributed by atoms with Crippen molar-refractivity contribution in [1.29, 1.82) is 0 Å². The van der Waals surface area contributed by atoms with Gasteiger partial charge in [-0.3, -0.25) is 0 Å². The van der Waals surface area contributed by atoms with Crippen molar-refractivity contribution in [2.24, 2.45) is 5.41 Å². The Labute approximate surface area is 131 Å². The van der Waals surface area contributed by atoms with E-state index in [9.17, 15) is 0 Å². The number of nitrogens with one attached hydrogen (secondary N) is 1. The van der Waals surface area contributed by atoms with Crippen molar-refractivity contribution >= 4 is 0 Å². The van der Waals surface area contributed by atoms with Gasteiger partial charge in [-0.2, -0.15) is 0 Å². The maximum atomic E-state index is 5.97. The Bertz CT molecular complexity index is 428. The summed E-state index contributed by atoms with van der Waals surface area (Å²) in [4.78, 5) is 0. The molecule has 1 aromatic rings. The highest BCUT2D eigenvalue weighted by Gasteiger charge is 2.27. The normalized spacial score (nSPS) is 15.6. The second-order valence-corrected chi connectivity index (χ2v) is 8.05. The molecule has 2 heteroatoms. The predicted molar refractivity (Wildman–Crippen MR) is 92.2 cm³/mol. The molecule has 2 unspecified atom stereocenters. The Balaban J connectivity index is 2.78. The summed E-state index contributed by atoms with van der Waals surface area (Å²) in [7, 11) is 1.96. The molecule has 0 heterocycles. The first kappa shape index (κ1) is 18.0. The zero-order chi connectivity index (χ0) is 16.3. The molecule has 0 spiro atoms. The van der Waals surface area contributed by atoms with Crippen LogP contribution in [0.5, 0.6) is 5.75 Å². The van der Waals surface area contributed by atoms with E-state index >= 15 is 0 Å². The van der Waals surface area contributed by atoms with Crippen molar-refractivity contribution in [3.8, 4) is 5.75 Å². The average Bonchev–Trinajstić information content (AvgIpc) is 2.35. The molecule has 0 saturated heterocycles. The van der Waals surface area contributed by atoms with Crippen LogP contribution in [0.25, 0.3) is 0 Å². The van der Waals surface area contributed by atoms with Crippen molar-refractivity contribution in [3.05, 3.63) is 29.8 Å². The number of hydrogen-bond donors (Lipinski definition) is 1. The molecule has 0 bridgehead atoms. The van der Waals surface area contributed by atoms with Crippen molar-refractivity contribution in [1.82, 2.24) is 5.32 Å². The molecule has 0 aliphatic carbocycles. The summed E-state index contributed by atoms with van der Waals surface area (Å²) in [6.07, 6.45) is 1.32. The lowest BCUT2D eigenvalue weighted by molar-refractivity contribution is 0.182. The fourth-order valence-corrected chi connectivity index (χ4v) is 2.96. The van der Waals surface area contributed by atoms with Gasteiger partial charge in [-0.1, -0.05) is 46.8 Å². The predicted octanol–water partition coefficient (Wildman–Crippen LogP) is 4.78. The minimum atomic E-state index is 0.156. The smallest absolute Gasteiger partial charge is 0.119 e. The van der Waals surface area contributed by atoms with E-state index < -0.39 is 0 Å². The highest BCUT2D eigenvalue weighted by molar-refractivity contribution is 5.32. The number of ether oxygens (including phenoxy) is 1. The fourth-order valence-electron chi connectivity index (χ4n) is 2.96.